The summed E-state index contributed by atoms with van der Waals surface area (Å²) < 4.78 is 0.512. The Hall–Kier alpha value is -1.15. The highest BCUT2D eigenvalue weighted by Crippen LogP contribution is 2.28. The standard InChI is InChI=1S/C12H19N2/c1-9-6-10(2)12(11(3)7-9)14(4,5)8-13/h6-8,13H,1-5H3/q+1. The molecule has 1 rings (SSSR count). The minimum Gasteiger partial charge on any atom is -0.257 e. The van der Waals surface area contributed by atoms with E-state index in [9.17, 15) is 0 Å². The van der Waals surface area contributed by atoms with Crippen LogP contribution in [0.4, 0.5) is 5.69 Å². The normalized spacial score (nSPS) is 11.5. The second-order valence-corrected chi connectivity index (χ2v) is 4.42. The molecule has 14 heavy (non-hydrogen) atoms. The van der Waals surface area contributed by atoms with Crippen molar-refractivity contribution in [2.24, 2.45) is 0 Å². The van der Waals surface area contributed by atoms with Gasteiger partial charge < -0.3 is 0 Å². The molecule has 1 aromatic carbocycles. The third-order valence-electron chi connectivity index (χ3n) is 2.53. The maximum absolute atomic E-state index is 7.44. The Labute approximate surface area is 86.3 Å². The second kappa shape index (κ2) is 3.54. The Kier molecular flexibility index (Phi) is 2.76. The Balaban J connectivity index is 3.42. The van der Waals surface area contributed by atoms with Crippen LogP contribution in [0.25, 0.3) is 0 Å². The smallest absolute Gasteiger partial charge is 0.187 e. The molecular formula is C12H19N2+. The van der Waals surface area contributed by atoms with Crippen LogP contribution in [0.3, 0.4) is 0 Å². The first-order valence-corrected chi connectivity index (χ1v) is 4.82. The van der Waals surface area contributed by atoms with Crippen molar-refractivity contribution in [3.8, 4) is 0 Å². The van der Waals surface area contributed by atoms with Crippen molar-refractivity contribution < 1.29 is 0 Å². The molecule has 0 bridgehead atoms. The van der Waals surface area contributed by atoms with E-state index in [1.54, 1.807) is 0 Å². The Morgan fingerprint density at radius 1 is 1.07 bits per heavy atom. The Morgan fingerprint density at radius 3 is 1.86 bits per heavy atom. The Bertz CT molecular complexity index is 342. The van der Waals surface area contributed by atoms with E-state index in [1.165, 1.54) is 28.7 Å². The third-order valence-corrected chi connectivity index (χ3v) is 2.53. The van der Waals surface area contributed by atoms with Crippen molar-refractivity contribution in [2.75, 3.05) is 14.1 Å². The van der Waals surface area contributed by atoms with Crippen LogP contribution in [0.15, 0.2) is 12.1 Å². The quantitative estimate of drug-likeness (QED) is 0.422. The van der Waals surface area contributed by atoms with Crippen molar-refractivity contribution in [3.63, 3.8) is 0 Å². The third kappa shape index (κ3) is 1.85. The molecule has 0 aliphatic heterocycles. The van der Waals surface area contributed by atoms with Crippen LogP contribution >= 0.6 is 0 Å². The van der Waals surface area contributed by atoms with Gasteiger partial charge >= 0.3 is 0 Å². The van der Waals surface area contributed by atoms with E-state index in [0.29, 0.717) is 4.48 Å². The van der Waals surface area contributed by atoms with Crippen LogP contribution in [0.2, 0.25) is 0 Å². The maximum Gasteiger partial charge on any atom is 0.187 e. The first-order chi connectivity index (χ1) is 6.38. The van der Waals surface area contributed by atoms with Crippen LogP contribution in [0.5, 0.6) is 0 Å². The molecule has 1 N–H and O–H groups in total. The van der Waals surface area contributed by atoms with Crippen LogP contribution < -0.4 is 4.48 Å². The molecule has 0 heterocycles. The fourth-order valence-corrected chi connectivity index (χ4v) is 2.15. The molecular weight excluding hydrogens is 172 g/mol. The average molecular weight is 191 g/mol. The van der Waals surface area contributed by atoms with Crippen LogP contribution in [-0.4, -0.2) is 20.4 Å². The summed E-state index contributed by atoms with van der Waals surface area (Å²) in [5.74, 6) is 0. The minimum absolute atomic E-state index is 0.512. The van der Waals surface area contributed by atoms with Crippen LogP contribution in [0, 0.1) is 26.2 Å². The van der Waals surface area contributed by atoms with Gasteiger partial charge in [0.15, 0.2) is 6.34 Å². The van der Waals surface area contributed by atoms with Crippen LogP contribution in [0.1, 0.15) is 16.7 Å². The molecule has 0 unspecified atom stereocenters. The highest BCUT2D eigenvalue weighted by atomic mass is 15.3. The highest BCUT2D eigenvalue weighted by molar-refractivity contribution is 5.74. The molecule has 0 aliphatic carbocycles. The summed E-state index contributed by atoms with van der Waals surface area (Å²) in [5.41, 5.74) is 5.03. The van der Waals surface area contributed by atoms with E-state index >= 15 is 0 Å². The van der Waals surface area contributed by atoms with Crippen LogP contribution in [-0.2, 0) is 0 Å². The van der Waals surface area contributed by atoms with E-state index in [0.717, 1.165) is 0 Å². The van der Waals surface area contributed by atoms with Gasteiger partial charge in [-0.3, -0.25) is 9.89 Å². The summed E-state index contributed by atoms with van der Waals surface area (Å²) in [5, 5.41) is 7.44. The topological polar surface area (TPSA) is 23.9 Å². The van der Waals surface area contributed by atoms with Crippen molar-refractivity contribution in [1.29, 1.82) is 5.41 Å². The summed E-state index contributed by atoms with van der Waals surface area (Å²) >= 11 is 0. The zero-order chi connectivity index (χ0) is 10.9. The van der Waals surface area contributed by atoms with E-state index in [4.69, 9.17) is 5.41 Å². The fourth-order valence-electron chi connectivity index (χ4n) is 2.15. The zero-order valence-corrected chi connectivity index (χ0v) is 9.68. The summed E-state index contributed by atoms with van der Waals surface area (Å²) in [6.45, 7) is 6.33. The van der Waals surface area contributed by atoms with Gasteiger partial charge in [0.05, 0.1) is 14.1 Å². The predicted molar refractivity (Wildman–Crippen MR) is 63.1 cm³/mol. The van der Waals surface area contributed by atoms with E-state index in [2.05, 4.69) is 32.9 Å². The number of nitrogens with zero attached hydrogens (tertiary/aromatic N) is 1. The first kappa shape index (κ1) is 10.9. The summed E-state index contributed by atoms with van der Waals surface area (Å²) in [7, 11) is 4.05. The number of hydrogen-bond donors (Lipinski definition) is 1. The number of benzene rings is 1. The lowest BCUT2D eigenvalue weighted by Crippen LogP contribution is -2.39. The molecule has 0 aliphatic rings. The van der Waals surface area contributed by atoms with Crippen molar-refractivity contribution in [1.82, 2.24) is 4.48 Å². The zero-order valence-electron chi connectivity index (χ0n) is 9.68. The minimum atomic E-state index is 0.512. The SMILES string of the molecule is Cc1cc(C)c([N+](C)(C)C=N)c(C)c1. The summed E-state index contributed by atoms with van der Waals surface area (Å²) in [6, 6.07) is 4.34. The van der Waals surface area contributed by atoms with E-state index < -0.39 is 0 Å². The molecule has 0 radical (unpaired) electrons. The van der Waals surface area contributed by atoms with Crippen molar-refractivity contribution in [2.45, 2.75) is 20.8 Å². The summed E-state index contributed by atoms with van der Waals surface area (Å²) in [4.78, 5) is 0. The first-order valence-electron chi connectivity index (χ1n) is 4.82. The molecule has 0 spiro atoms. The maximum atomic E-state index is 7.44. The molecule has 0 saturated heterocycles. The highest BCUT2D eigenvalue weighted by Gasteiger charge is 2.21. The van der Waals surface area contributed by atoms with Gasteiger partial charge in [-0.05, 0) is 20.8 Å². The van der Waals surface area contributed by atoms with Crippen molar-refractivity contribution in [3.05, 3.63) is 28.8 Å². The van der Waals surface area contributed by atoms with Gasteiger partial charge in [0.2, 0.25) is 0 Å². The van der Waals surface area contributed by atoms with Gasteiger partial charge in [-0.2, -0.15) is 0 Å². The molecule has 0 fully saturated rings. The molecule has 0 aromatic heterocycles. The van der Waals surface area contributed by atoms with Gasteiger partial charge in [0.25, 0.3) is 0 Å². The predicted octanol–water partition coefficient (Wildman–Crippen LogP) is 2.79. The van der Waals surface area contributed by atoms with Gasteiger partial charge in [-0.1, -0.05) is 17.7 Å². The van der Waals surface area contributed by atoms with Gasteiger partial charge in [0.1, 0.15) is 5.69 Å². The van der Waals surface area contributed by atoms with E-state index in [-0.39, 0.29) is 0 Å². The van der Waals surface area contributed by atoms with Gasteiger partial charge in [-0.15, -0.1) is 0 Å². The lowest BCUT2D eigenvalue weighted by Gasteiger charge is -2.26. The van der Waals surface area contributed by atoms with Gasteiger partial charge in [0, 0.05) is 11.1 Å². The number of hydrogen-bond acceptors (Lipinski definition) is 1. The molecule has 2 nitrogen and oxygen atoms in total. The number of aryl methyl sites for hydroxylation is 3. The monoisotopic (exact) mass is 191 g/mol. The summed E-state index contributed by atoms with van der Waals surface area (Å²) in [6.07, 6.45) is 1.46. The molecule has 2 heteroatoms. The number of rotatable bonds is 2. The molecule has 0 amide bonds. The van der Waals surface area contributed by atoms with Gasteiger partial charge in [-0.25, -0.2) is 0 Å². The molecule has 0 saturated carbocycles. The lowest BCUT2D eigenvalue weighted by molar-refractivity contribution is 0.601. The fraction of sp³-hybridized carbons (Fsp3) is 0.417. The average Bonchev–Trinajstić information content (AvgIpc) is 2.01. The largest absolute Gasteiger partial charge is 0.257 e. The van der Waals surface area contributed by atoms with Crippen molar-refractivity contribution >= 4 is 12.0 Å². The van der Waals surface area contributed by atoms with E-state index in [1.807, 2.05) is 14.1 Å². The Morgan fingerprint density at radius 2 is 1.50 bits per heavy atom. The second-order valence-electron chi connectivity index (χ2n) is 4.42. The number of nitrogens with one attached hydrogen (secondary N) is 1. The molecule has 76 valence electrons. The molecule has 1 aromatic rings. The lowest BCUT2D eigenvalue weighted by atomic mass is 10.0. The molecule has 0 atom stereocenters. The number of quaternary nitrogens is 1.